The number of hydrogen-bond donors (Lipinski definition) is 1. The molecule has 0 spiro atoms. The highest BCUT2D eigenvalue weighted by atomic mass is 32.2. The molecule has 7 heteroatoms. The number of amides is 1. The largest absolute Gasteiger partial charge is 0.482 e. The normalized spacial score (nSPS) is 14.4. The number of ether oxygens (including phenoxy) is 1. The Bertz CT molecular complexity index is 825. The SMILES string of the molecule is CC(Sc1ccc(F)c(F)c1)C(=O)c1ccc2c(c1)NC(=O)CO2. The van der Waals surface area contributed by atoms with Crippen LogP contribution in [-0.4, -0.2) is 23.5 Å². The highest BCUT2D eigenvalue weighted by Gasteiger charge is 2.21. The summed E-state index contributed by atoms with van der Waals surface area (Å²) in [6.07, 6.45) is 0. The molecular weight excluding hydrogens is 336 g/mol. The van der Waals surface area contributed by atoms with Crippen LogP contribution in [0.3, 0.4) is 0 Å². The van der Waals surface area contributed by atoms with Crippen LogP contribution in [0.25, 0.3) is 0 Å². The Labute approximate surface area is 141 Å². The summed E-state index contributed by atoms with van der Waals surface area (Å²) in [5.41, 5.74) is 0.851. The molecule has 1 amide bonds. The maximum Gasteiger partial charge on any atom is 0.262 e. The molecule has 1 aliphatic heterocycles. The standard InChI is InChI=1S/C17H13F2NO3S/c1-9(24-11-3-4-12(18)13(19)7-11)17(22)10-2-5-15-14(6-10)20-16(21)8-23-15/h2-7,9H,8H2,1H3,(H,20,21). The van der Waals surface area contributed by atoms with Crippen LogP contribution in [0.1, 0.15) is 17.3 Å². The minimum Gasteiger partial charge on any atom is -0.482 e. The molecule has 1 heterocycles. The summed E-state index contributed by atoms with van der Waals surface area (Å²) >= 11 is 1.13. The van der Waals surface area contributed by atoms with E-state index >= 15 is 0 Å². The molecule has 4 nitrogen and oxygen atoms in total. The van der Waals surface area contributed by atoms with Gasteiger partial charge in [0.05, 0.1) is 10.9 Å². The number of thioether (sulfide) groups is 1. The molecule has 1 N–H and O–H groups in total. The van der Waals surface area contributed by atoms with Crippen LogP contribution >= 0.6 is 11.8 Å². The number of fused-ring (bicyclic) bond motifs is 1. The zero-order chi connectivity index (χ0) is 17.3. The van der Waals surface area contributed by atoms with Gasteiger partial charge in [0.1, 0.15) is 5.75 Å². The second-order valence-electron chi connectivity index (χ2n) is 5.25. The lowest BCUT2D eigenvalue weighted by Gasteiger charge is -2.19. The fraction of sp³-hybridized carbons (Fsp3) is 0.176. The Morgan fingerprint density at radius 3 is 2.75 bits per heavy atom. The van der Waals surface area contributed by atoms with E-state index in [1.807, 2.05) is 0 Å². The Balaban J connectivity index is 1.77. The molecule has 124 valence electrons. The lowest BCUT2D eigenvalue weighted by atomic mass is 10.1. The minimum atomic E-state index is -0.951. The molecular formula is C17H13F2NO3S. The molecule has 1 unspecified atom stereocenters. The molecule has 0 aromatic heterocycles. The van der Waals surface area contributed by atoms with Crippen molar-refractivity contribution in [1.29, 1.82) is 0 Å². The monoisotopic (exact) mass is 349 g/mol. The van der Waals surface area contributed by atoms with Gasteiger partial charge in [0.2, 0.25) is 0 Å². The number of ketones is 1. The number of benzene rings is 2. The van der Waals surface area contributed by atoms with E-state index < -0.39 is 16.9 Å². The summed E-state index contributed by atoms with van der Waals surface area (Å²) in [7, 11) is 0. The fourth-order valence-electron chi connectivity index (χ4n) is 2.28. The Morgan fingerprint density at radius 2 is 2.00 bits per heavy atom. The van der Waals surface area contributed by atoms with Crippen LogP contribution in [-0.2, 0) is 4.79 Å². The molecule has 0 fully saturated rings. The molecule has 2 aromatic carbocycles. The third kappa shape index (κ3) is 3.41. The first-order valence-electron chi connectivity index (χ1n) is 7.16. The van der Waals surface area contributed by atoms with Gasteiger partial charge in [-0.2, -0.15) is 0 Å². The van der Waals surface area contributed by atoms with E-state index in [1.54, 1.807) is 25.1 Å². The predicted molar refractivity (Wildman–Crippen MR) is 86.6 cm³/mol. The van der Waals surface area contributed by atoms with Crippen LogP contribution in [0, 0.1) is 11.6 Å². The van der Waals surface area contributed by atoms with Crippen molar-refractivity contribution in [3.8, 4) is 5.75 Å². The van der Waals surface area contributed by atoms with Crippen LogP contribution < -0.4 is 10.1 Å². The summed E-state index contributed by atoms with van der Waals surface area (Å²) < 4.78 is 31.5. The van der Waals surface area contributed by atoms with Crippen molar-refractivity contribution in [3.05, 3.63) is 53.6 Å². The summed E-state index contributed by atoms with van der Waals surface area (Å²) in [6.45, 7) is 1.63. The van der Waals surface area contributed by atoms with Crippen LogP contribution in [0.5, 0.6) is 5.75 Å². The van der Waals surface area contributed by atoms with Crippen molar-refractivity contribution >= 4 is 29.1 Å². The molecule has 0 saturated heterocycles. The second-order valence-corrected chi connectivity index (χ2v) is 6.66. The Kier molecular flexibility index (Phi) is 4.53. The first kappa shape index (κ1) is 16.4. The van der Waals surface area contributed by atoms with Crippen molar-refractivity contribution in [3.63, 3.8) is 0 Å². The number of carbonyl (C=O) groups is 2. The zero-order valence-corrected chi connectivity index (χ0v) is 13.5. The smallest absolute Gasteiger partial charge is 0.262 e. The topological polar surface area (TPSA) is 55.4 Å². The highest BCUT2D eigenvalue weighted by Crippen LogP contribution is 2.31. The number of carbonyl (C=O) groups excluding carboxylic acids is 2. The predicted octanol–water partition coefficient (Wildman–Crippen LogP) is 3.66. The van der Waals surface area contributed by atoms with E-state index in [-0.39, 0.29) is 18.3 Å². The molecule has 0 bridgehead atoms. The van der Waals surface area contributed by atoms with Gasteiger partial charge in [0, 0.05) is 10.5 Å². The maximum atomic E-state index is 13.3. The third-order valence-electron chi connectivity index (χ3n) is 3.47. The van der Waals surface area contributed by atoms with Gasteiger partial charge in [-0.3, -0.25) is 9.59 Å². The zero-order valence-electron chi connectivity index (χ0n) is 12.6. The van der Waals surface area contributed by atoms with Gasteiger partial charge in [0.25, 0.3) is 5.91 Å². The molecule has 1 atom stereocenters. The van der Waals surface area contributed by atoms with E-state index in [2.05, 4.69) is 5.32 Å². The maximum absolute atomic E-state index is 13.3. The van der Waals surface area contributed by atoms with Crippen LogP contribution in [0.2, 0.25) is 0 Å². The minimum absolute atomic E-state index is 0.0529. The van der Waals surface area contributed by atoms with Gasteiger partial charge in [0.15, 0.2) is 24.0 Å². The molecule has 0 aliphatic carbocycles. The Morgan fingerprint density at radius 1 is 1.21 bits per heavy atom. The van der Waals surface area contributed by atoms with E-state index in [0.29, 0.717) is 21.9 Å². The third-order valence-corrected chi connectivity index (χ3v) is 4.56. The lowest BCUT2D eigenvalue weighted by molar-refractivity contribution is -0.118. The van der Waals surface area contributed by atoms with Crippen molar-refractivity contribution < 1.29 is 23.1 Å². The van der Waals surface area contributed by atoms with E-state index in [1.165, 1.54) is 6.07 Å². The number of halogens is 2. The number of Topliss-reactive ketones (excluding diaryl/α,β-unsaturated/α-hetero) is 1. The highest BCUT2D eigenvalue weighted by molar-refractivity contribution is 8.00. The lowest BCUT2D eigenvalue weighted by Crippen LogP contribution is -2.25. The Hall–Kier alpha value is -2.41. The first-order valence-corrected chi connectivity index (χ1v) is 8.04. The van der Waals surface area contributed by atoms with Gasteiger partial charge in [-0.05, 0) is 43.3 Å². The van der Waals surface area contributed by atoms with Crippen LogP contribution in [0.4, 0.5) is 14.5 Å². The molecule has 0 radical (unpaired) electrons. The van der Waals surface area contributed by atoms with Crippen molar-refractivity contribution in [2.45, 2.75) is 17.1 Å². The quantitative estimate of drug-likeness (QED) is 0.676. The molecule has 24 heavy (non-hydrogen) atoms. The molecule has 0 saturated carbocycles. The number of anilines is 1. The number of hydrogen-bond acceptors (Lipinski definition) is 4. The molecule has 2 aromatic rings. The van der Waals surface area contributed by atoms with Gasteiger partial charge >= 0.3 is 0 Å². The summed E-state index contributed by atoms with van der Waals surface area (Å²) in [5, 5.41) is 2.14. The fourth-order valence-corrected chi connectivity index (χ4v) is 3.25. The summed E-state index contributed by atoms with van der Waals surface area (Å²) in [4.78, 5) is 24.3. The van der Waals surface area contributed by atoms with Gasteiger partial charge < -0.3 is 10.1 Å². The first-order chi connectivity index (χ1) is 11.4. The van der Waals surface area contributed by atoms with E-state index in [0.717, 1.165) is 23.9 Å². The average Bonchev–Trinajstić information content (AvgIpc) is 2.56. The average molecular weight is 349 g/mol. The number of rotatable bonds is 4. The molecule has 1 aliphatic rings. The van der Waals surface area contributed by atoms with E-state index in [9.17, 15) is 18.4 Å². The second kappa shape index (κ2) is 6.60. The van der Waals surface area contributed by atoms with Gasteiger partial charge in [-0.1, -0.05) is 0 Å². The summed E-state index contributed by atoms with van der Waals surface area (Å²) in [5.74, 6) is -1.84. The summed E-state index contributed by atoms with van der Waals surface area (Å²) in [6, 6.07) is 8.30. The van der Waals surface area contributed by atoms with Gasteiger partial charge in [-0.15, -0.1) is 11.8 Å². The van der Waals surface area contributed by atoms with Crippen molar-refractivity contribution in [2.75, 3.05) is 11.9 Å². The van der Waals surface area contributed by atoms with Crippen LogP contribution in [0.15, 0.2) is 41.3 Å². The van der Waals surface area contributed by atoms with E-state index in [4.69, 9.17) is 4.74 Å². The number of nitrogens with one attached hydrogen (secondary N) is 1. The van der Waals surface area contributed by atoms with Crippen molar-refractivity contribution in [1.82, 2.24) is 0 Å². The van der Waals surface area contributed by atoms with Gasteiger partial charge in [-0.25, -0.2) is 8.78 Å². The van der Waals surface area contributed by atoms with Crippen molar-refractivity contribution in [2.24, 2.45) is 0 Å². The molecule has 3 rings (SSSR count).